The third-order valence-corrected chi connectivity index (χ3v) is 2.65. The zero-order valence-electron chi connectivity index (χ0n) is 11.3. The highest BCUT2D eigenvalue weighted by Crippen LogP contribution is 2.08. The average molecular weight is 297 g/mol. The molecule has 0 aliphatic rings. The highest BCUT2D eigenvalue weighted by molar-refractivity contribution is 5.95. The lowest BCUT2D eigenvalue weighted by molar-refractivity contribution is -0.119. The van der Waals surface area contributed by atoms with E-state index >= 15 is 0 Å². The first-order valence-corrected chi connectivity index (χ1v) is 6.24. The van der Waals surface area contributed by atoms with E-state index in [0.717, 1.165) is 0 Å². The Morgan fingerprint density at radius 2 is 1.91 bits per heavy atom. The van der Waals surface area contributed by atoms with Crippen LogP contribution >= 0.6 is 0 Å². The molecule has 0 radical (unpaired) electrons. The number of nitrogens with zero attached hydrogens (tertiary/aromatic N) is 1. The Balaban J connectivity index is 1.87. The number of carbonyl (C=O) groups is 2. The molecule has 1 aromatic carbocycles. The molecule has 0 atom stereocenters. The van der Waals surface area contributed by atoms with Crippen molar-refractivity contribution in [1.29, 1.82) is 5.26 Å². The van der Waals surface area contributed by atoms with Gasteiger partial charge >= 0.3 is 5.97 Å². The summed E-state index contributed by atoms with van der Waals surface area (Å²) in [5.41, 5.74) is 0.771. The van der Waals surface area contributed by atoms with Crippen molar-refractivity contribution in [3.63, 3.8) is 0 Å². The Hall–Kier alpha value is -3.40. The fourth-order valence-electron chi connectivity index (χ4n) is 1.58. The lowest BCUT2D eigenvalue weighted by atomic mass is 10.2. The molecule has 22 heavy (non-hydrogen) atoms. The number of benzene rings is 1. The monoisotopic (exact) mass is 297 g/mol. The summed E-state index contributed by atoms with van der Waals surface area (Å²) in [5.74, 6) is -1.23. The Morgan fingerprint density at radius 1 is 1.18 bits per heavy atom. The van der Waals surface area contributed by atoms with Crippen LogP contribution in [0.1, 0.15) is 15.9 Å². The van der Waals surface area contributed by atoms with Crippen molar-refractivity contribution in [3.8, 4) is 6.07 Å². The predicted molar refractivity (Wildman–Crippen MR) is 77.1 cm³/mol. The molecule has 1 heterocycles. The van der Waals surface area contributed by atoms with Gasteiger partial charge in [0.15, 0.2) is 6.61 Å². The smallest absolute Gasteiger partial charge is 0.340 e. The second-order valence-corrected chi connectivity index (χ2v) is 4.26. The first kappa shape index (κ1) is 15.0. The minimum Gasteiger partial charge on any atom is -0.452 e. The van der Waals surface area contributed by atoms with E-state index in [1.54, 1.807) is 24.3 Å². The number of aromatic nitrogens is 1. The van der Waals surface area contributed by atoms with E-state index in [0.29, 0.717) is 11.3 Å². The van der Waals surface area contributed by atoms with Crippen LogP contribution < -0.4 is 10.9 Å². The molecular formula is C15H11N3O4. The molecule has 2 rings (SSSR count). The zero-order chi connectivity index (χ0) is 15.9. The highest BCUT2D eigenvalue weighted by atomic mass is 16.5. The van der Waals surface area contributed by atoms with Gasteiger partial charge in [0, 0.05) is 18.0 Å². The van der Waals surface area contributed by atoms with Gasteiger partial charge in [0.25, 0.3) is 5.91 Å². The summed E-state index contributed by atoms with van der Waals surface area (Å²) >= 11 is 0. The van der Waals surface area contributed by atoms with E-state index in [2.05, 4.69) is 10.3 Å². The van der Waals surface area contributed by atoms with Crippen molar-refractivity contribution in [3.05, 3.63) is 64.1 Å². The van der Waals surface area contributed by atoms with Crippen LogP contribution in [-0.2, 0) is 9.53 Å². The van der Waals surface area contributed by atoms with Crippen molar-refractivity contribution in [2.24, 2.45) is 0 Å². The van der Waals surface area contributed by atoms with Gasteiger partial charge in [0.2, 0.25) is 5.56 Å². The number of nitriles is 1. The molecule has 2 N–H and O–H groups in total. The van der Waals surface area contributed by atoms with E-state index in [1.807, 2.05) is 6.07 Å². The lowest BCUT2D eigenvalue weighted by Gasteiger charge is -2.06. The molecule has 0 spiro atoms. The van der Waals surface area contributed by atoms with Crippen LogP contribution in [0.25, 0.3) is 0 Å². The fraction of sp³-hybridized carbons (Fsp3) is 0.0667. The summed E-state index contributed by atoms with van der Waals surface area (Å²) in [5, 5.41) is 11.2. The van der Waals surface area contributed by atoms with Gasteiger partial charge in [-0.3, -0.25) is 9.59 Å². The molecule has 2 aromatic rings. The topological polar surface area (TPSA) is 112 Å². The summed E-state index contributed by atoms with van der Waals surface area (Å²) in [7, 11) is 0. The SMILES string of the molecule is N#Cc1ccc(NC(=O)COC(=O)c2ccc(=O)[nH]c2)cc1. The Labute approximate surface area is 125 Å². The van der Waals surface area contributed by atoms with Crippen LogP contribution in [0.2, 0.25) is 0 Å². The quantitative estimate of drug-likeness (QED) is 0.819. The third kappa shape index (κ3) is 4.05. The summed E-state index contributed by atoms with van der Waals surface area (Å²) in [6, 6.07) is 10.7. The van der Waals surface area contributed by atoms with Gasteiger partial charge in [-0.2, -0.15) is 5.26 Å². The first-order valence-electron chi connectivity index (χ1n) is 6.24. The molecule has 0 aliphatic carbocycles. The van der Waals surface area contributed by atoms with E-state index in [-0.39, 0.29) is 11.1 Å². The summed E-state index contributed by atoms with van der Waals surface area (Å²) in [6.07, 6.45) is 1.21. The largest absolute Gasteiger partial charge is 0.452 e. The summed E-state index contributed by atoms with van der Waals surface area (Å²) in [4.78, 5) is 36.5. The predicted octanol–water partition coefficient (Wildman–Crippen LogP) is 1.04. The summed E-state index contributed by atoms with van der Waals surface area (Å²) < 4.78 is 4.82. The third-order valence-electron chi connectivity index (χ3n) is 2.65. The number of carbonyl (C=O) groups excluding carboxylic acids is 2. The Morgan fingerprint density at radius 3 is 2.50 bits per heavy atom. The Bertz CT molecular complexity index is 767. The van der Waals surface area contributed by atoms with E-state index in [1.165, 1.54) is 18.3 Å². The molecule has 1 aromatic heterocycles. The molecule has 0 bridgehead atoms. The molecule has 0 aliphatic heterocycles. The number of hydrogen-bond acceptors (Lipinski definition) is 5. The number of H-pyrrole nitrogens is 1. The molecular weight excluding hydrogens is 286 g/mol. The number of rotatable bonds is 4. The molecule has 0 unspecified atom stereocenters. The molecule has 7 nitrogen and oxygen atoms in total. The summed E-state index contributed by atoms with van der Waals surface area (Å²) in [6.45, 7) is -0.460. The van der Waals surface area contributed by atoms with Crippen LogP contribution in [0.5, 0.6) is 0 Å². The van der Waals surface area contributed by atoms with Crippen LogP contribution in [0.4, 0.5) is 5.69 Å². The van der Waals surface area contributed by atoms with Gasteiger partial charge in [-0.15, -0.1) is 0 Å². The van der Waals surface area contributed by atoms with Gasteiger partial charge < -0.3 is 15.0 Å². The molecule has 110 valence electrons. The Kier molecular flexibility index (Phi) is 4.67. The zero-order valence-corrected chi connectivity index (χ0v) is 11.3. The number of amides is 1. The van der Waals surface area contributed by atoms with Crippen LogP contribution in [-0.4, -0.2) is 23.5 Å². The van der Waals surface area contributed by atoms with Crippen LogP contribution in [0.3, 0.4) is 0 Å². The van der Waals surface area contributed by atoms with Crippen molar-refractivity contribution < 1.29 is 14.3 Å². The van der Waals surface area contributed by atoms with Gasteiger partial charge in [-0.25, -0.2) is 4.79 Å². The van der Waals surface area contributed by atoms with Crippen molar-refractivity contribution in [1.82, 2.24) is 4.98 Å². The van der Waals surface area contributed by atoms with E-state index in [4.69, 9.17) is 10.00 Å². The fourth-order valence-corrected chi connectivity index (χ4v) is 1.58. The number of hydrogen-bond donors (Lipinski definition) is 2. The molecule has 0 saturated heterocycles. The standard InChI is InChI=1S/C15H11N3O4/c16-7-10-1-4-12(5-2-10)18-14(20)9-22-15(21)11-3-6-13(19)17-8-11/h1-6,8H,9H2,(H,17,19)(H,18,20). The van der Waals surface area contributed by atoms with Crippen molar-refractivity contribution in [2.75, 3.05) is 11.9 Å². The molecule has 0 saturated carbocycles. The number of aromatic amines is 1. The number of ether oxygens (including phenoxy) is 1. The maximum absolute atomic E-state index is 11.6. The van der Waals surface area contributed by atoms with Crippen molar-refractivity contribution in [2.45, 2.75) is 0 Å². The first-order chi connectivity index (χ1) is 10.6. The van der Waals surface area contributed by atoms with Gasteiger partial charge in [-0.05, 0) is 30.3 Å². The van der Waals surface area contributed by atoms with Gasteiger partial charge in [0.05, 0.1) is 17.2 Å². The number of pyridine rings is 1. The lowest BCUT2D eigenvalue weighted by Crippen LogP contribution is -2.21. The maximum Gasteiger partial charge on any atom is 0.340 e. The number of esters is 1. The highest BCUT2D eigenvalue weighted by Gasteiger charge is 2.10. The normalized spacial score (nSPS) is 9.59. The van der Waals surface area contributed by atoms with Crippen LogP contribution in [0.15, 0.2) is 47.4 Å². The molecule has 0 fully saturated rings. The minimum absolute atomic E-state index is 0.144. The molecule has 7 heteroatoms. The van der Waals surface area contributed by atoms with Crippen molar-refractivity contribution >= 4 is 17.6 Å². The number of anilines is 1. The van der Waals surface area contributed by atoms with Gasteiger partial charge in [-0.1, -0.05) is 0 Å². The van der Waals surface area contributed by atoms with E-state index in [9.17, 15) is 14.4 Å². The van der Waals surface area contributed by atoms with Crippen LogP contribution in [0, 0.1) is 11.3 Å². The number of nitrogens with one attached hydrogen (secondary N) is 2. The minimum atomic E-state index is -0.716. The second-order valence-electron chi connectivity index (χ2n) is 4.26. The van der Waals surface area contributed by atoms with Gasteiger partial charge in [0.1, 0.15) is 0 Å². The average Bonchev–Trinajstić information content (AvgIpc) is 2.54. The maximum atomic E-state index is 11.6. The molecule has 1 amide bonds. The second kappa shape index (κ2) is 6.85. The van der Waals surface area contributed by atoms with E-state index < -0.39 is 18.5 Å².